The molecule has 0 bridgehead atoms. The van der Waals surface area contributed by atoms with Crippen LogP contribution in [0, 0.1) is 0 Å². The summed E-state index contributed by atoms with van der Waals surface area (Å²) in [7, 11) is 0. The minimum atomic E-state index is 0.655. The number of hydrogen-bond acceptors (Lipinski definition) is 3. The fourth-order valence-corrected chi connectivity index (χ4v) is 2.26. The van der Waals surface area contributed by atoms with Crippen molar-refractivity contribution >= 4 is 0 Å². The number of rotatable bonds is 9. The molecule has 1 saturated heterocycles. The van der Waals surface area contributed by atoms with Crippen LogP contribution in [0.25, 0.3) is 0 Å². The summed E-state index contributed by atoms with van der Waals surface area (Å²) in [5.41, 5.74) is 3.74. The first-order valence-electron chi connectivity index (χ1n) is 8.11. The SMILES string of the molecule is C=C(C)/C(=C\C=C(C)C)CNCCCNC1CCOCC1. The van der Waals surface area contributed by atoms with Crippen molar-refractivity contribution in [3.05, 3.63) is 35.5 Å². The first kappa shape index (κ1) is 18.1. The first-order valence-corrected chi connectivity index (χ1v) is 8.11. The Bertz CT molecular complexity index is 361. The normalized spacial score (nSPS) is 16.8. The molecule has 0 aromatic rings. The average molecular weight is 292 g/mol. The Balaban J connectivity index is 2.12. The predicted molar refractivity (Wildman–Crippen MR) is 91.7 cm³/mol. The van der Waals surface area contributed by atoms with Crippen LogP contribution in [0.5, 0.6) is 0 Å². The Kier molecular flexibility index (Phi) is 9.31. The van der Waals surface area contributed by atoms with Crippen molar-refractivity contribution in [3.63, 3.8) is 0 Å². The molecule has 0 aliphatic carbocycles. The molecule has 1 rings (SSSR count). The molecule has 0 atom stereocenters. The summed E-state index contributed by atoms with van der Waals surface area (Å²) in [6.45, 7) is 15.2. The van der Waals surface area contributed by atoms with Gasteiger partial charge in [-0.25, -0.2) is 0 Å². The molecular weight excluding hydrogens is 260 g/mol. The molecule has 0 saturated carbocycles. The number of nitrogens with one attached hydrogen (secondary N) is 2. The zero-order valence-corrected chi connectivity index (χ0v) is 14.0. The summed E-state index contributed by atoms with van der Waals surface area (Å²) in [4.78, 5) is 0. The smallest absolute Gasteiger partial charge is 0.0480 e. The maximum Gasteiger partial charge on any atom is 0.0480 e. The second-order valence-electron chi connectivity index (χ2n) is 6.09. The molecule has 0 aromatic carbocycles. The summed E-state index contributed by atoms with van der Waals surface area (Å²) in [6.07, 6.45) is 7.78. The van der Waals surface area contributed by atoms with E-state index in [1.807, 2.05) is 0 Å². The van der Waals surface area contributed by atoms with Crippen LogP contribution in [0.2, 0.25) is 0 Å². The minimum absolute atomic E-state index is 0.655. The molecule has 2 N–H and O–H groups in total. The highest BCUT2D eigenvalue weighted by molar-refractivity contribution is 5.31. The Morgan fingerprint density at radius 2 is 1.86 bits per heavy atom. The van der Waals surface area contributed by atoms with Crippen LogP contribution in [0.15, 0.2) is 35.5 Å². The van der Waals surface area contributed by atoms with Gasteiger partial charge in [-0.2, -0.15) is 0 Å². The summed E-state index contributed by atoms with van der Waals surface area (Å²) < 4.78 is 5.36. The van der Waals surface area contributed by atoms with Crippen molar-refractivity contribution in [2.75, 3.05) is 32.8 Å². The van der Waals surface area contributed by atoms with Gasteiger partial charge in [0.1, 0.15) is 0 Å². The van der Waals surface area contributed by atoms with Gasteiger partial charge in [-0.15, -0.1) is 0 Å². The van der Waals surface area contributed by atoms with Gasteiger partial charge >= 0.3 is 0 Å². The van der Waals surface area contributed by atoms with Gasteiger partial charge in [0.15, 0.2) is 0 Å². The van der Waals surface area contributed by atoms with Gasteiger partial charge in [-0.05, 0) is 58.7 Å². The van der Waals surface area contributed by atoms with E-state index in [-0.39, 0.29) is 0 Å². The summed E-state index contributed by atoms with van der Waals surface area (Å²) in [5.74, 6) is 0. The molecule has 3 nitrogen and oxygen atoms in total. The topological polar surface area (TPSA) is 33.3 Å². The lowest BCUT2D eigenvalue weighted by atomic mass is 10.1. The van der Waals surface area contributed by atoms with Crippen molar-refractivity contribution < 1.29 is 4.74 Å². The Morgan fingerprint density at radius 1 is 1.14 bits per heavy atom. The third kappa shape index (κ3) is 8.86. The van der Waals surface area contributed by atoms with Crippen molar-refractivity contribution in [1.29, 1.82) is 0 Å². The molecule has 1 fully saturated rings. The molecule has 0 amide bonds. The lowest BCUT2D eigenvalue weighted by molar-refractivity contribution is 0.0780. The standard InChI is InChI=1S/C18H32N2O/c1-15(2)6-7-17(16(3)4)14-19-10-5-11-20-18-8-12-21-13-9-18/h6-7,18-20H,3,5,8-14H2,1-2,4H3/b17-7-. The third-order valence-electron chi connectivity index (χ3n) is 3.67. The second-order valence-corrected chi connectivity index (χ2v) is 6.09. The molecule has 0 spiro atoms. The van der Waals surface area contributed by atoms with Crippen molar-refractivity contribution in [2.24, 2.45) is 0 Å². The monoisotopic (exact) mass is 292 g/mol. The molecule has 1 heterocycles. The highest BCUT2D eigenvalue weighted by Crippen LogP contribution is 2.07. The average Bonchev–Trinajstić information content (AvgIpc) is 2.46. The lowest BCUT2D eigenvalue weighted by Gasteiger charge is -2.23. The molecule has 1 aliphatic rings. The van der Waals surface area contributed by atoms with Crippen LogP contribution in [0.3, 0.4) is 0 Å². The first-order chi connectivity index (χ1) is 10.1. The molecular formula is C18H32N2O. The Hall–Kier alpha value is -0.900. The van der Waals surface area contributed by atoms with Gasteiger partial charge in [0.2, 0.25) is 0 Å². The summed E-state index contributed by atoms with van der Waals surface area (Å²) in [5, 5.41) is 7.12. The molecule has 0 unspecified atom stereocenters. The van der Waals surface area contributed by atoms with E-state index in [2.05, 4.69) is 50.1 Å². The zero-order chi connectivity index (χ0) is 15.5. The second kappa shape index (κ2) is 10.8. The molecule has 0 aromatic heterocycles. The highest BCUT2D eigenvalue weighted by Gasteiger charge is 2.11. The summed E-state index contributed by atoms with van der Waals surface area (Å²) >= 11 is 0. The van der Waals surface area contributed by atoms with Gasteiger partial charge in [0.25, 0.3) is 0 Å². The van der Waals surface area contributed by atoms with Gasteiger partial charge in [-0.1, -0.05) is 29.9 Å². The van der Waals surface area contributed by atoms with Gasteiger partial charge in [-0.3, -0.25) is 0 Å². The predicted octanol–water partition coefficient (Wildman–Crippen LogP) is 3.20. The van der Waals surface area contributed by atoms with Crippen LogP contribution in [0.1, 0.15) is 40.0 Å². The van der Waals surface area contributed by atoms with E-state index in [4.69, 9.17) is 4.74 Å². The van der Waals surface area contributed by atoms with Crippen LogP contribution >= 0.6 is 0 Å². The third-order valence-corrected chi connectivity index (χ3v) is 3.67. The van der Waals surface area contributed by atoms with E-state index in [1.54, 1.807) is 0 Å². The number of ether oxygens (including phenoxy) is 1. The fourth-order valence-electron chi connectivity index (χ4n) is 2.26. The van der Waals surface area contributed by atoms with E-state index in [0.29, 0.717) is 6.04 Å². The largest absolute Gasteiger partial charge is 0.381 e. The van der Waals surface area contributed by atoms with Gasteiger partial charge in [0.05, 0.1) is 0 Å². The maximum atomic E-state index is 5.36. The highest BCUT2D eigenvalue weighted by atomic mass is 16.5. The van der Waals surface area contributed by atoms with Gasteiger partial charge < -0.3 is 15.4 Å². The maximum absolute atomic E-state index is 5.36. The summed E-state index contributed by atoms with van der Waals surface area (Å²) in [6, 6.07) is 0.655. The molecule has 3 heteroatoms. The zero-order valence-electron chi connectivity index (χ0n) is 14.0. The molecule has 0 radical (unpaired) electrons. The van der Waals surface area contributed by atoms with E-state index in [0.717, 1.165) is 57.7 Å². The van der Waals surface area contributed by atoms with Gasteiger partial charge in [0, 0.05) is 25.8 Å². The van der Waals surface area contributed by atoms with Crippen LogP contribution in [-0.2, 0) is 4.74 Å². The van der Waals surface area contributed by atoms with Crippen molar-refractivity contribution in [2.45, 2.75) is 46.1 Å². The molecule has 1 aliphatic heterocycles. The van der Waals surface area contributed by atoms with Crippen LogP contribution in [0.4, 0.5) is 0 Å². The number of hydrogen-bond donors (Lipinski definition) is 2. The van der Waals surface area contributed by atoms with Crippen molar-refractivity contribution in [1.82, 2.24) is 10.6 Å². The van der Waals surface area contributed by atoms with E-state index in [1.165, 1.54) is 11.1 Å². The quantitative estimate of drug-likeness (QED) is 0.506. The molecule has 120 valence electrons. The van der Waals surface area contributed by atoms with Crippen LogP contribution in [-0.4, -0.2) is 38.9 Å². The molecule has 21 heavy (non-hydrogen) atoms. The minimum Gasteiger partial charge on any atom is -0.381 e. The lowest BCUT2D eigenvalue weighted by Crippen LogP contribution is -2.36. The van der Waals surface area contributed by atoms with E-state index >= 15 is 0 Å². The van der Waals surface area contributed by atoms with Crippen LogP contribution < -0.4 is 10.6 Å². The Morgan fingerprint density at radius 3 is 2.48 bits per heavy atom. The van der Waals surface area contributed by atoms with E-state index in [9.17, 15) is 0 Å². The van der Waals surface area contributed by atoms with Crippen molar-refractivity contribution in [3.8, 4) is 0 Å². The Labute approximate surface area is 130 Å². The number of allylic oxidation sites excluding steroid dienone is 3. The fraction of sp³-hybridized carbons (Fsp3) is 0.667. The van der Waals surface area contributed by atoms with E-state index < -0.39 is 0 Å².